The van der Waals surface area contributed by atoms with E-state index in [4.69, 9.17) is 14.6 Å². The minimum absolute atomic E-state index is 0.106. The van der Waals surface area contributed by atoms with Crippen LogP contribution in [-0.4, -0.2) is 23.0 Å². The number of halogens is 1. The van der Waals surface area contributed by atoms with Crippen molar-refractivity contribution in [1.29, 1.82) is 0 Å². The molecule has 86 valence electrons. The molecule has 0 spiro atoms. The molecule has 1 atom stereocenters. The van der Waals surface area contributed by atoms with Crippen LogP contribution in [0, 0.1) is 6.92 Å². The van der Waals surface area contributed by atoms with Crippen LogP contribution in [0.4, 0.5) is 0 Å². The first-order valence-electron chi connectivity index (χ1n) is 4.52. The van der Waals surface area contributed by atoms with Gasteiger partial charge in [0.1, 0.15) is 0 Å². The third-order valence-corrected chi connectivity index (χ3v) is 3.43. The summed E-state index contributed by atoms with van der Waals surface area (Å²) in [5.41, 5.74) is 0.972. The zero-order chi connectivity index (χ0) is 11.9. The summed E-state index contributed by atoms with van der Waals surface area (Å²) in [5.74, 6) is -0.275. The topological polar surface area (TPSA) is 76.0 Å². The van der Waals surface area contributed by atoms with E-state index in [1.165, 1.54) is 6.07 Å². The second-order valence-corrected chi connectivity index (χ2v) is 4.17. The average molecular weight is 289 g/mol. The molecule has 5 nitrogen and oxygen atoms in total. The summed E-state index contributed by atoms with van der Waals surface area (Å²) < 4.78 is 10.9. The molecule has 6 heteroatoms. The summed E-state index contributed by atoms with van der Waals surface area (Å²) >= 11 is 3.24. The Morgan fingerprint density at radius 2 is 2.25 bits per heavy atom. The van der Waals surface area contributed by atoms with Crippen molar-refractivity contribution in [2.24, 2.45) is 0 Å². The van der Waals surface area contributed by atoms with Gasteiger partial charge < -0.3 is 19.7 Å². The molecule has 1 heterocycles. The SMILES string of the molecule is Cc1c(Br)c(C(O)C(=O)O)cc2c1OCO2. The Balaban J connectivity index is 2.56. The molecule has 1 unspecified atom stereocenters. The highest BCUT2D eigenvalue weighted by Gasteiger charge is 2.26. The van der Waals surface area contributed by atoms with Crippen LogP contribution in [0.1, 0.15) is 17.2 Å². The number of fused-ring (bicyclic) bond motifs is 1. The molecule has 0 saturated carbocycles. The molecule has 0 aromatic heterocycles. The van der Waals surface area contributed by atoms with E-state index in [0.717, 1.165) is 0 Å². The van der Waals surface area contributed by atoms with Crippen LogP contribution < -0.4 is 9.47 Å². The lowest BCUT2D eigenvalue weighted by molar-refractivity contribution is -0.147. The van der Waals surface area contributed by atoms with Crippen LogP contribution in [0.2, 0.25) is 0 Å². The molecular formula is C10H9BrO5. The van der Waals surface area contributed by atoms with E-state index in [1.807, 2.05) is 0 Å². The number of carboxylic acid groups (broad SMARTS) is 1. The Kier molecular flexibility index (Phi) is 2.77. The number of carboxylic acids is 1. The Morgan fingerprint density at radius 1 is 1.56 bits per heavy atom. The highest BCUT2D eigenvalue weighted by atomic mass is 79.9. The summed E-state index contributed by atoms with van der Waals surface area (Å²) in [6.07, 6.45) is -1.58. The number of aliphatic hydroxyl groups excluding tert-OH is 1. The highest BCUT2D eigenvalue weighted by molar-refractivity contribution is 9.10. The van der Waals surface area contributed by atoms with E-state index in [-0.39, 0.29) is 12.4 Å². The fraction of sp³-hybridized carbons (Fsp3) is 0.300. The van der Waals surface area contributed by atoms with Gasteiger partial charge in [-0.1, -0.05) is 0 Å². The van der Waals surface area contributed by atoms with E-state index in [1.54, 1.807) is 6.92 Å². The first-order chi connectivity index (χ1) is 7.52. The number of ether oxygens (including phenoxy) is 2. The van der Waals surface area contributed by atoms with E-state index in [0.29, 0.717) is 21.5 Å². The van der Waals surface area contributed by atoms with E-state index in [9.17, 15) is 9.90 Å². The largest absolute Gasteiger partial charge is 0.479 e. The number of rotatable bonds is 2. The molecule has 1 aromatic rings. The van der Waals surface area contributed by atoms with Gasteiger partial charge in [0.25, 0.3) is 0 Å². The van der Waals surface area contributed by atoms with E-state index < -0.39 is 12.1 Å². The molecule has 0 saturated heterocycles. The van der Waals surface area contributed by atoms with Gasteiger partial charge in [0.05, 0.1) is 0 Å². The Bertz CT molecular complexity index is 457. The zero-order valence-electron chi connectivity index (χ0n) is 8.36. The number of benzene rings is 1. The third-order valence-electron chi connectivity index (χ3n) is 2.38. The van der Waals surface area contributed by atoms with Gasteiger partial charge in [-0.25, -0.2) is 4.79 Å². The number of hydrogen-bond donors (Lipinski definition) is 2. The molecule has 2 rings (SSSR count). The average Bonchev–Trinajstić information content (AvgIpc) is 2.70. The maximum Gasteiger partial charge on any atom is 0.337 e. The van der Waals surface area contributed by atoms with Gasteiger partial charge in [0, 0.05) is 15.6 Å². The smallest absolute Gasteiger partial charge is 0.337 e. The van der Waals surface area contributed by atoms with Gasteiger partial charge in [0.15, 0.2) is 17.6 Å². The van der Waals surface area contributed by atoms with Crippen molar-refractivity contribution >= 4 is 21.9 Å². The van der Waals surface area contributed by atoms with Gasteiger partial charge in [0.2, 0.25) is 6.79 Å². The van der Waals surface area contributed by atoms with Crippen LogP contribution >= 0.6 is 15.9 Å². The first-order valence-corrected chi connectivity index (χ1v) is 5.31. The van der Waals surface area contributed by atoms with Crippen molar-refractivity contribution in [1.82, 2.24) is 0 Å². The van der Waals surface area contributed by atoms with Crippen molar-refractivity contribution in [3.63, 3.8) is 0 Å². The molecule has 0 aliphatic carbocycles. The quantitative estimate of drug-likeness (QED) is 0.865. The molecule has 0 bridgehead atoms. The number of aliphatic carboxylic acids is 1. The summed E-state index contributed by atoms with van der Waals surface area (Å²) in [6.45, 7) is 1.87. The molecule has 1 aliphatic heterocycles. The van der Waals surface area contributed by atoms with Crippen LogP contribution in [0.15, 0.2) is 10.5 Å². The molecule has 2 N–H and O–H groups in total. The van der Waals surface area contributed by atoms with Crippen molar-refractivity contribution in [2.75, 3.05) is 6.79 Å². The predicted octanol–water partition coefficient (Wildman–Crippen LogP) is 1.60. The molecule has 0 radical (unpaired) electrons. The molecule has 16 heavy (non-hydrogen) atoms. The zero-order valence-corrected chi connectivity index (χ0v) is 9.94. The van der Waals surface area contributed by atoms with Gasteiger partial charge in [-0.3, -0.25) is 0 Å². The standard InChI is InChI=1S/C10H9BrO5/c1-4-7(11)5(8(12)10(13)14)2-6-9(4)16-3-15-6/h2,8,12H,3H2,1H3,(H,13,14). The second kappa shape index (κ2) is 3.95. The van der Waals surface area contributed by atoms with Gasteiger partial charge in [-0.2, -0.15) is 0 Å². The molecule has 1 aliphatic rings. The van der Waals surface area contributed by atoms with Crippen molar-refractivity contribution < 1.29 is 24.5 Å². The van der Waals surface area contributed by atoms with Gasteiger partial charge in [-0.15, -0.1) is 0 Å². The molecular weight excluding hydrogens is 280 g/mol. The van der Waals surface area contributed by atoms with Gasteiger partial charge in [-0.05, 0) is 28.9 Å². The maximum atomic E-state index is 10.7. The van der Waals surface area contributed by atoms with E-state index in [2.05, 4.69) is 15.9 Å². The first kappa shape index (κ1) is 11.2. The minimum atomic E-state index is -1.58. The third kappa shape index (κ3) is 1.64. The number of hydrogen-bond acceptors (Lipinski definition) is 4. The fourth-order valence-electron chi connectivity index (χ4n) is 1.54. The van der Waals surface area contributed by atoms with Crippen LogP contribution in [0.25, 0.3) is 0 Å². The number of carbonyl (C=O) groups is 1. The predicted molar refractivity (Wildman–Crippen MR) is 57.6 cm³/mol. The monoisotopic (exact) mass is 288 g/mol. The van der Waals surface area contributed by atoms with Gasteiger partial charge >= 0.3 is 5.97 Å². The lowest BCUT2D eigenvalue weighted by Crippen LogP contribution is -2.11. The lowest BCUT2D eigenvalue weighted by atomic mass is 10.1. The second-order valence-electron chi connectivity index (χ2n) is 3.38. The maximum absolute atomic E-state index is 10.7. The van der Waals surface area contributed by atoms with E-state index >= 15 is 0 Å². The lowest BCUT2D eigenvalue weighted by Gasteiger charge is -2.12. The van der Waals surface area contributed by atoms with Crippen molar-refractivity contribution in [2.45, 2.75) is 13.0 Å². The Morgan fingerprint density at radius 3 is 2.88 bits per heavy atom. The van der Waals surface area contributed by atoms with Crippen LogP contribution in [0.5, 0.6) is 11.5 Å². The van der Waals surface area contributed by atoms with Crippen molar-refractivity contribution in [3.05, 3.63) is 21.7 Å². The normalized spacial score (nSPS) is 14.9. The van der Waals surface area contributed by atoms with Crippen LogP contribution in [-0.2, 0) is 4.79 Å². The molecule has 1 aromatic carbocycles. The Hall–Kier alpha value is -1.27. The highest BCUT2D eigenvalue weighted by Crippen LogP contribution is 2.43. The summed E-state index contributed by atoms with van der Waals surface area (Å²) in [7, 11) is 0. The summed E-state index contributed by atoms with van der Waals surface area (Å²) in [4.78, 5) is 10.7. The Labute approximate surface area is 99.7 Å². The fourth-order valence-corrected chi connectivity index (χ4v) is 2.05. The van der Waals surface area contributed by atoms with Crippen LogP contribution in [0.3, 0.4) is 0 Å². The van der Waals surface area contributed by atoms with Crippen molar-refractivity contribution in [3.8, 4) is 11.5 Å². The summed E-state index contributed by atoms with van der Waals surface area (Å²) in [5, 5.41) is 18.3. The molecule has 0 fully saturated rings. The minimum Gasteiger partial charge on any atom is -0.479 e. The number of aliphatic hydroxyl groups is 1. The molecule has 0 amide bonds. The summed E-state index contributed by atoms with van der Waals surface area (Å²) in [6, 6.07) is 1.47.